The SMILES string of the molecule is CCc1c(Cl)nc(C2COc3ccccc3O2)nc1Cl. The van der Waals surface area contributed by atoms with Gasteiger partial charge in [-0.1, -0.05) is 42.3 Å². The molecule has 1 unspecified atom stereocenters. The van der Waals surface area contributed by atoms with Gasteiger partial charge in [0.05, 0.1) is 0 Å². The molecule has 1 aliphatic rings. The van der Waals surface area contributed by atoms with Gasteiger partial charge in [-0.25, -0.2) is 9.97 Å². The second-order valence-electron chi connectivity index (χ2n) is 4.36. The topological polar surface area (TPSA) is 44.2 Å². The summed E-state index contributed by atoms with van der Waals surface area (Å²) in [4.78, 5) is 8.53. The maximum absolute atomic E-state index is 6.12. The Bertz CT molecular complexity index is 626. The molecule has 4 nitrogen and oxygen atoms in total. The molecular weight excluding hydrogens is 299 g/mol. The van der Waals surface area contributed by atoms with Crippen molar-refractivity contribution in [3.63, 3.8) is 0 Å². The molecule has 1 aliphatic heterocycles. The van der Waals surface area contributed by atoms with Crippen LogP contribution in [0.15, 0.2) is 24.3 Å². The van der Waals surface area contributed by atoms with Crippen LogP contribution in [-0.4, -0.2) is 16.6 Å². The van der Waals surface area contributed by atoms with Crippen molar-refractivity contribution in [2.75, 3.05) is 6.61 Å². The molecule has 6 heteroatoms. The van der Waals surface area contributed by atoms with E-state index >= 15 is 0 Å². The van der Waals surface area contributed by atoms with Crippen LogP contribution in [0.4, 0.5) is 0 Å². The van der Waals surface area contributed by atoms with E-state index < -0.39 is 6.10 Å². The molecule has 0 fully saturated rings. The number of halogens is 2. The first-order valence-corrected chi connectivity index (χ1v) is 7.05. The molecule has 1 aromatic carbocycles. The van der Waals surface area contributed by atoms with Gasteiger partial charge in [-0.15, -0.1) is 0 Å². The molecule has 1 atom stereocenters. The van der Waals surface area contributed by atoms with Crippen molar-refractivity contribution in [1.29, 1.82) is 0 Å². The van der Waals surface area contributed by atoms with Crippen LogP contribution in [0.25, 0.3) is 0 Å². The average Bonchev–Trinajstić information content (AvgIpc) is 2.46. The minimum atomic E-state index is -0.411. The molecule has 0 spiro atoms. The molecule has 0 radical (unpaired) electrons. The zero-order chi connectivity index (χ0) is 14.1. The van der Waals surface area contributed by atoms with E-state index in [1.54, 1.807) is 0 Å². The number of para-hydroxylation sites is 2. The quantitative estimate of drug-likeness (QED) is 0.790. The van der Waals surface area contributed by atoms with Crippen LogP contribution in [0, 0.1) is 0 Å². The highest BCUT2D eigenvalue weighted by Gasteiger charge is 2.26. The molecular formula is C14H12Cl2N2O2. The Morgan fingerprint density at radius 1 is 1.15 bits per heavy atom. The number of nitrogens with zero attached hydrogens (tertiary/aromatic N) is 2. The van der Waals surface area contributed by atoms with Crippen LogP contribution in [0.1, 0.15) is 24.4 Å². The van der Waals surface area contributed by atoms with E-state index in [2.05, 4.69) is 9.97 Å². The standard InChI is InChI=1S/C14H12Cl2N2O2/c1-2-8-12(15)17-14(18-13(8)16)11-7-19-9-5-3-4-6-10(9)20-11/h3-6,11H,2,7H2,1H3. The Hall–Kier alpha value is -1.52. The highest BCUT2D eigenvalue weighted by molar-refractivity contribution is 6.34. The first kappa shape index (κ1) is 13.5. The lowest BCUT2D eigenvalue weighted by atomic mass is 10.2. The van der Waals surface area contributed by atoms with E-state index in [1.807, 2.05) is 31.2 Å². The van der Waals surface area contributed by atoms with Crippen LogP contribution >= 0.6 is 23.2 Å². The average molecular weight is 311 g/mol. The summed E-state index contributed by atoms with van der Waals surface area (Å²) in [6.07, 6.45) is 0.272. The van der Waals surface area contributed by atoms with E-state index in [9.17, 15) is 0 Å². The number of fused-ring (bicyclic) bond motifs is 1. The number of benzene rings is 1. The summed E-state index contributed by atoms with van der Waals surface area (Å²) >= 11 is 12.2. The van der Waals surface area contributed by atoms with Crippen molar-refractivity contribution in [3.05, 3.63) is 46.0 Å². The number of aromatic nitrogens is 2. The van der Waals surface area contributed by atoms with E-state index in [-0.39, 0.29) is 0 Å². The molecule has 2 aromatic rings. The Morgan fingerprint density at radius 2 is 1.80 bits per heavy atom. The third kappa shape index (κ3) is 2.41. The maximum atomic E-state index is 6.12. The van der Waals surface area contributed by atoms with Gasteiger partial charge in [-0.05, 0) is 18.6 Å². The third-order valence-electron chi connectivity index (χ3n) is 3.07. The molecule has 104 valence electrons. The normalized spacial score (nSPS) is 17.1. The van der Waals surface area contributed by atoms with Crippen molar-refractivity contribution >= 4 is 23.2 Å². The highest BCUT2D eigenvalue weighted by Crippen LogP contribution is 2.35. The van der Waals surface area contributed by atoms with Gasteiger partial charge in [0.1, 0.15) is 16.9 Å². The van der Waals surface area contributed by atoms with Crippen LogP contribution in [0.5, 0.6) is 11.5 Å². The molecule has 0 saturated carbocycles. The third-order valence-corrected chi connectivity index (χ3v) is 3.70. The van der Waals surface area contributed by atoms with Crippen LogP contribution in [-0.2, 0) is 6.42 Å². The van der Waals surface area contributed by atoms with Gasteiger partial charge in [-0.2, -0.15) is 0 Å². The molecule has 0 bridgehead atoms. The molecule has 1 aromatic heterocycles. The van der Waals surface area contributed by atoms with Crippen LogP contribution < -0.4 is 9.47 Å². The number of rotatable bonds is 2. The van der Waals surface area contributed by atoms with Crippen LogP contribution in [0.3, 0.4) is 0 Å². The second-order valence-corrected chi connectivity index (χ2v) is 5.08. The van der Waals surface area contributed by atoms with Gasteiger partial charge < -0.3 is 9.47 Å². The van der Waals surface area contributed by atoms with Gasteiger partial charge in [0.25, 0.3) is 0 Å². The fourth-order valence-electron chi connectivity index (χ4n) is 2.03. The fourth-order valence-corrected chi connectivity index (χ4v) is 2.70. The Kier molecular flexibility index (Phi) is 3.68. The van der Waals surface area contributed by atoms with Gasteiger partial charge in [-0.3, -0.25) is 0 Å². The zero-order valence-corrected chi connectivity index (χ0v) is 12.3. The summed E-state index contributed by atoms with van der Waals surface area (Å²) in [6, 6.07) is 7.46. The predicted octanol–water partition coefficient (Wildman–Crippen LogP) is 3.86. The van der Waals surface area contributed by atoms with E-state index in [0.717, 1.165) is 5.56 Å². The number of hydrogen-bond acceptors (Lipinski definition) is 4. The molecule has 0 saturated heterocycles. The van der Waals surface area contributed by atoms with Crippen molar-refractivity contribution in [3.8, 4) is 11.5 Å². The van der Waals surface area contributed by atoms with Crippen molar-refractivity contribution in [1.82, 2.24) is 9.97 Å². The van der Waals surface area contributed by atoms with E-state index in [0.29, 0.717) is 40.7 Å². The van der Waals surface area contributed by atoms with Crippen LogP contribution in [0.2, 0.25) is 10.3 Å². The Balaban J connectivity index is 1.92. The molecule has 0 aliphatic carbocycles. The number of hydrogen-bond donors (Lipinski definition) is 0. The summed E-state index contributed by atoms with van der Waals surface area (Å²) in [5.74, 6) is 1.82. The monoisotopic (exact) mass is 310 g/mol. The van der Waals surface area contributed by atoms with Gasteiger partial charge >= 0.3 is 0 Å². The van der Waals surface area contributed by atoms with Gasteiger partial charge in [0.15, 0.2) is 23.4 Å². The number of ether oxygens (including phenoxy) is 2. The van der Waals surface area contributed by atoms with E-state index in [1.165, 1.54) is 0 Å². The van der Waals surface area contributed by atoms with Crippen molar-refractivity contribution in [2.24, 2.45) is 0 Å². The zero-order valence-electron chi connectivity index (χ0n) is 10.8. The molecule has 3 rings (SSSR count). The lowest BCUT2D eigenvalue weighted by Gasteiger charge is -2.25. The molecule has 20 heavy (non-hydrogen) atoms. The predicted molar refractivity (Wildman–Crippen MR) is 76.7 cm³/mol. The Labute approximate surface area is 126 Å². The smallest absolute Gasteiger partial charge is 0.192 e. The van der Waals surface area contributed by atoms with Crippen molar-refractivity contribution < 1.29 is 9.47 Å². The minimum absolute atomic E-state index is 0.329. The van der Waals surface area contributed by atoms with Gasteiger partial charge in [0, 0.05) is 5.56 Å². The molecule has 2 heterocycles. The largest absolute Gasteiger partial charge is 0.485 e. The van der Waals surface area contributed by atoms with Gasteiger partial charge in [0.2, 0.25) is 0 Å². The molecule has 0 N–H and O–H groups in total. The minimum Gasteiger partial charge on any atom is -0.485 e. The lowest BCUT2D eigenvalue weighted by Crippen LogP contribution is -2.23. The lowest BCUT2D eigenvalue weighted by molar-refractivity contribution is 0.0850. The first-order valence-electron chi connectivity index (χ1n) is 6.29. The summed E-state index contributed by atoms with van der Waals surface area (Å²) in [6.45, 7) is 2.28. The maximum Gasteiger partial charge on any atom is 0.192 e. The van der Waals surface area contributed by atoms with E-state index in [4.69, 9.17) is 32.7 Å². The summed E-state index contributed by atoms with van der Waals surface area (Å²) in [5.41, 5.74) is 0.745. The molecule has 0 amide bonds. The summed E-state index contributed by atoms with van der Waals surface area (Å²) < 4.78 is 11.5. The summed E-state index contributed by atoms with van der Waals surface area (Å²) in [7, 11) is 0. The first-order chi connectivity index (χ1) is 9.69. The van der Waals surface area contributed by atoms with Crippen molar-refractivity contribution in [2.45, 2.75) is 19.4 Å². The fraction of sp³-hybridized carbons (Fsp3) is 0.286. The highest BCUT2D eigenvalue weighted by atomic mass is 35.5. The summed E-state index contributed by atoms with van der Waals surface area (Å²) in [5, 5.41) is 0.731. The second kappa shape index (κ2) is 5.46. The Morgan fingerprint density at radius 3 is 2.45 bits per heavy atom.